The molecule has 23 heavy (non-hydrogen) atoms. The average molecular weight is 342 g/mol. The first-order valence-electron chi connectivity index (χ1n) is 6.98. The minimum Gasteiger partial charge on any atom is -0.335 e. The molecule has 3 nitrogen and oxygen atoms in total. The molecule has 0 unspecified atom stereocenters. The van der Waals surface area contributed by atoms with Crippen LogP contribution < -0.4 is 9.88 Å². The van der Waals surface area contributed by atoms with Crippen molar-refractivity contribution in [3.05, 3.63) is 71.8 Å². The van der Waals surface area contributed by atoms with Gasteiger partial charge in [0.2, 0.25) is 6.04 Å². The molecule has 1 aliphatic heterocycles. The van der Waals surface area contributed by atoms with Crippen LogP contribution in [0.5, 0.6) is 0 Å². The van der Waals surface area contributed by atoms with Crippen molar-refractivity contribution < 1.29 is 8.96 Å². The maximum absolute atomic E-state index is 13.3. The molecule has 1 aromatic heterocycles. The minimum atomic E-state index is -0.308. The summed E-state index contributed by atoms with van der Waals surface area (Å²) in [6, 6.07) is 11.7. The van der Waals surface area contributed by atoms with Gasteiger partial charge < -0.3 is 5.32 Å². The Kier molecular flexibility index (Phi) is 4.39. The van der Waals surface area contributed by atoms with Gasteiger partial charge in [0.15, 0.2) is 17.4 Å². The van der Waals surface area contributed by atoms with Gasteiger partial charge in [0, 0.05) is 12.1 Å². The Hall–Kier alpha value is -2.27. The predicted octanol–water partition coefficient (Wildman–Crippen LogP) is 2.87. The number of thiocarbonyl (C=S) groups is 2. The zero-order chi connectivity index (χ0) is 16.4. The second-order valence-corrected chi connectivity index (χ2v) is 6.00. The molecule has 2 heterocycles. The van der Waals surface area contributed by atoms with Crippen LogP contribution in [0.4, 0.5) is 4.39 Å². The molecule has 6 heteroatoms. The summed E-state index contributed by atoms with van der Waals surface area (Å²) in [5, 5.41) is 10.6. The SMILES string of the molecule is N=C=C1C(=S)NC(=S)[C@@H]([n+]2ccccc2)[C@@H]1c1ccc(F)cc1. The third-order valence-electron chi connectivity index (χ3n) is 3.80. The van der Waals surface area contributed by atoms with E-state index in [4.69, 9.17) is 29.8 Å². The number of nitrogens with zero attached hydrogens (tertiary/aromatic N) is 1. The highest BCUT2D eigenvalue weighted by Crippen LogP contribution is 2.35. The maximum atomic E-state index is 13.3. The smallest absolute Gasteiger partial charge is 0.219 e. The summed E-state index contributed by atoms with van der Waals surface area (Å²) in [4.78, 5) is 0.964. The van der Waals surface area contributed by atoms with Crippen LogP contribution in [0.2, 0.25) is 0 Å². The summed E-state index contributed by atoms with van der Waals surface area (Å²) in [5.41, 5.74) is 1.38. The van der Waals surface area contributed by atoms with Gasteiger partial charge in [0.1, 0.15) is 10.8 Å². The second kappa shape index (κ2) is 6.46. The number of halogens is 1. The van der Waals surface area contributed by atoms with Crippen molar-refractivity contribution in [3.8, 4) is 0 Å². The van der Waals surface area contributed by atoms with Crippen LogP contribution in [0.25, 0.3) is 0 Å². The van der Waals surface area contributed by atoms with E-state index in [9.17, 15) is 4.39 Å². The molecule has 0 bridgehead atoms. The molecule has 0 amide bonds. The highest BCUT2D eigenvalue weighted by Gasteiger charge is 2.43. The van der Waals surface area contributed by atoms with E-state index in [1.54, 1.807) is 12.1 Å². The first kappa shape index (κ1) is 15.6. The van der Waals surface area contributed by atoms with E-state index in [0.29, 0.717) is 15.6 Å². The lowest BCUT2D eigenvalue weighted by molar-refractivity contribution is -0.708. The molecule has 0 aliphatic carbocycles. The van der Waals surface area contributed by atoms with Crippen LogP contribution in [0, 0.1) is 11.2 Å². The first-order chi connectivity index (χ1) is 11.1. The van der Waals surface area contributed by atoms with Crippen LogP contribution in [-0.2, 0) is 0 Å². The number of piperidine rings is 1. The summed E-state index contributed by atoms with van der Waals surface area (Å²) < 4.78 is 15.2. The van der Waals surface area contributed by atoms with Crippen molar-refractivity contribution in [3.63, 3.8) is 0 Å². The van der Waals surface area contributed by atoms with E-state index in [0.717, 1.165) is 5.56 Å². The number of benzene rings is 1. The van der Waals surface area contributed by atoms with Crippen molar-refractivity contribution >= 4 is 40.3 Å². The molecular formula is C17H13FN3S2+. The molecule has 114 valence electrons. The monoisotopic (exact) mass is 342 g/mol. The standard InChI is InChI=1S/C17H12FN3S2/c18-12-6-4-11(5-7-12)14-13(10-19)16(22)20-17(23)15(14)21-8-2-1-3-9-21/h1-9,14-15,19H/p+1/t14-,15+/m1/s1. The van der Waals surface area contributed by atoms with Gasteiger partial charge in [0.05, 0.1) is 11.5 Å². The van der Waals surface area contributed by atoms with Gasteiger partial charge in [-0.2, -0.15) is 4.57 Å². The molecular weight excluding hydrogens is 329 g/mol. The van der Waals surface area contributed by atoms with Crippen molar-refractivity contribution in [1.29, 1.82) is 5.41 Å². The first-order valence-corrected chi connectivity index (χ1v) is 7.79. The Labute approximate surface area is 144 Å². The van der Waals surface area contributed by atoms with E-state index in [2.05, 4.69) is 11.2 Å². The van der Waals surface area contributed by atoms with Crippen LogP contribution in [0.3, 0.4) is 0 Å². The molecule has 0 saturated carbocycles. The normalized spacial score (nSPS) is 20.8. The van der Waals surface area contributed by atoms with Crippen LogP contribution in [-0.4, -0.2) is 15.8 Å². The van der Waals surface area contributed by atoms with Gasteiger partial charge >= 0.3 is 0 Å². The second-order valence-electron chi connectivity index (χ2n) is 5.15. The highest BCUT2D eigenvalue weighted by molar-refractivity contribution is 7.82. The Morgan fingerprint density at radius 1 is 1.09 bits per heavy atom. The van der Waals surface area contributed by atoms with E-state index in [1.807, 2.05) is 35.2 Å². The fourth-order valence-corrected chi connectivity index (χ4v) is 3.47. The molecule has 2 aromatic rings. The number of aromatic nitrogens is 1. The Bertz CT molecular complexity index is 811. The summed E-state index contributed by atoms with van der Waals surface area (Å²) in [5.74, 6) is 1.84. The number of hydrogen-bond acceptors (Lipinski definition) is 3. The van der Waals surface area contributed by atoms with Gasteiger partial charge in [-0.3, -0.25) is 5.41 Å². The van der Waals surface area contributed by atoms with Gasteiger partial charge in [-0.1, -0.05) is 42.6 Å². The summed E-state index contributed by atoms with van der Waals surface area (Å²) in [6.07, 6.45) is 3.82. The van der Waals surface area contributed by atoms with Crippen molar-refractivity contribution in [1.82, 2.24) is 5.32 Å². The predicted molar refractivity (Wildman–Crippen MR) is 94.4 cm³/mol. The van der Waals surface area contributed by atoms with Gasteiger partial charge in [-0.05, 0) is 23.6 Å². The largest absolute Gasteiger partial charge is 0.335 e. The third kappa shape index (κ3) is 2.97. The molecule has 2 atom stereocenters. The number of hydrogen-bond donors (Lipinski definition) is 2. The van der Waals surface area contributed by atoms with Gasteiger partial charge in [0.25, 0.3) is 0 Å². The molecule has 1 aromatic carbocycles. The minimum absolute atomic E-state index is 0.254. The van der Waals surface area contributed by atoms with E-state index < -0.39 is 0 Å². The topological polar surface area (TPSA) is 39.8 Å². The molecule has 0 radical (unpaired) electrons. The van der Waals surface area contributed by atoms with E-state index in [1.165, 1.54) is 12.1 Å². The van der Waals surface area contributed by atoms with Gasteiger partial charge in [-0.15, -0.1) is 0 Å². The van der Waals surface area contributed by atoms with Gasteiger partial charge in [-0.25, -0.2) is 4.39 Å². The van der Waals surface area contributed by atoms with Crippen molar-refractivity contribution in [2.45, 2.75) is 12.0 Å². The highest BCUT2D eigenvalue weighted by atomic mass is 32.1. The molecule has 2 N–H and O–H groups in total. The quantitative estimate of drug-likeness (QED) is 0.382. The van der Waals surface area contributed by atoms with Crippen LogP contribution in [0.15, 0.2) is 60.4 Å². The van der Waals surface area contributed by atoms with Crippen molar-refractivity contribution in [2.75, 3.05) is 0 Å². The fraction of sp³-hybridized carbons (Fsp3) is 0.118. The fourth-order valence-electron chi connectivity index (χ4n) is 2.76. The Morgan fingerprint density at radius 2 is 1.74 bits per heavy atom. The van der Waals surface area contributed by atoms with E-state index in [-0.39, 0.29) is 17.8 Å². The number of rotatable bonds is 2. The molecule has 3 rings (SSSR count). The van der Waals surface area contributed by atoms with Crippen LogP contribution >= 0.6 is 24.4 Å². The summed E-state index contributed by atoms with van der Waals surface area (Å²) in [6.45, 7) is 0. The Morgan fingerprint density at radius 3 is 2.35 bits per heavy atom. The Balaban J connectivity index is 2.17. The zero-order valence-corrected chi connectivity index (χ0v) is 13.6. The summed E-state index contributed by atoms with van der Waals surface area (Å²) >= 11 is 10.8. The lowest BCUT2D eigenvalue weighted by atomic mass is 9.82. The van der Waals surface area contributed by atoms with E-state index >= 15 is 0 Å². The zero-order valence-electron chi connectivity index (χ0n) is 12.0. The lowest BCUT2D eigenvalue weighted by Gasteiger charge is -2.30. The molecule has 1 aliphatic rings. The average Bonchev–Trinajstić information content (AvgIpc) is 2.56. The molecule has 0 spiro atoms. The maximum Gasteiger partial charge on any atom is 0.219 e. The molecule has 1 fully saturated rings. The lowest BCUT2D eigenvalue weighted by Crippen LogP contribution is -2.55. The van der Waals surface area contributed by atoms with Crippen LogP contribution in [0.1, 0.15) is 17.5 Å². The molecule has 1 saturated heterocycles. The third-order valence-corrected chi connectivity index (χ3v) is 4.47. The van der Waals surface area contributed by atoms with Crippen molar-refractivity contribution in [2.24, 2.45) is 0 Å². The summed E-state index contributed by atoms with van der Waals surface area (Å²) in [7, 11) is 0. The number of nitrogens with one attached hydrogen (secondary N) is 2. The number of pyridine rings is 1.